The molecule has 0 amide bonds. The summed E-state index contributed by atoms with van der Waals surface area (Å²) in [4.78, 5) is 5.18. The predicted molar refractivity (Wildman–Crippen MR) is 68.7 cm³/mol. The SMILES string of the molecule is CNC(Cc1c(F)cccc1F)c1scnc1C. The van der Waals surface area contributed by atoms with Crippen molar-refractivity contribution in [2.24, 2.45) is 0 Å². The van der Waals surface area contributed by atoms with Crippen LogP contribution in [0.25, 0.3) is 0 Å². The summed E-state index contributed by atoms with van der Waals surface area (Å²) in [6.45, 7) is 1.90. The van der Waals surface area contributed by atoms with Gasteiger partial charge in [-0.15, -0.1) is 11.3 Å². The summed E-state index contributed by atoms with van der Waals surface area (Å²) in [5.74, 6) is -1.00. The van der Waals surface area contributed by atoms with E-state index in [1.54, 1.807) is 12.6 Å². The van der Waals surface area contributed by atoms with Crippen molar-refractivity contribution in [2.75, 3.05) is 7.05 Å². The number of hydrogen-bond acceptors (Lipinski definition) is 3. The first-order valence-corrected chi connectivity index (χ1v) is 6.51. The Morgan fingerprint density at radius 2 is 2.00 bits per heavy atom. The van der Waals surface area contributed by atoms with Crippen LogP contribution in [-0.2, 0) is 6.42 Å². The molecule has 2 rings (SSSR count). The van der Waals surface area contributed by atoms with Gasteiger partial charge in [0.15, 0.2) is 0 Å². The first kappa shape index (κ1) is 13.1. The van der Waals surface area contributed by atoms with Gasteiger partial charge in [0, 0.05) is 16.5 Å². The lowest BCUT2D eigenvalue weighted by Gasteiger charge is -2.16. The highest BCUT2D eigenvalue weighted by Gasteiger charge is 2.19. The average Bonchev–Trinajstić information content (AvgIpc) is 2.76. The molecule has 0 fully saturated rings. The second kappa shape index (κ2) is 5.54. The molecule has 1 unspecified atom stereocenters. The third kappa shape index (κ3) is 2.57. The van der Waals surface area contributed by atoms with E-state index in [1.165, 1.54) is 29.5 Å². The van der Waals surface area contributed by atoms with Gasteiger partial charge < -0.3 is 5.32 Å². The number of aryl methyl sites for hydroxylation is 1. The van der Waals surface area contributed by atoms with E-state index in [4.69, 9.17) is 0 Å². The summed E-state index contributed by atoms with van der Waals surface area (Å²) in [5, 5.41) is 3.09. The lowest BCUT2D eigenvalue weighted by atomic mass is 10.0. The summed E-state index contributed by atoms with van der Waals surface area (Å²) in [6.07, 6.45) is 0.276. The van der Waals surface area contributed by atoms with E-state index in [1.807, 2.05) is 6.92 Å². The fourth-order valence-electron chi connectivity index (χ4n) is 1.90. The number of halogens is 2. The van der Waals surface area contributed by atoms with Crippen LogP contribution in [0, 0.1) is 18.6 Å². The molecule has 1 aromatic carbocycles. The van der Waals surface area contributed by atoms with Crippen LogP contribution in [-0.4, -0.2) is 12.0 Å². The highest BCUT2D eigenvalue weighted by molar-refractivity contribution is 7.09. The summed E-state index contributed by atoms with van der Waals surface area (Å²) in [7, 11) is 1.78. The largest absolute Gasteiger partial charge is 0.312 e. The monoisotopic (exact) mass is 268 g/mol. The number of hydrogen-bond donors (Lipinski definition) is 1. The molecule has 2 aromatic rings. The zero-order valence-electron chi connectivity index (χ0n) is 10.2. The van der Waals surface area contributed by atoms with E-state index in [-0.39, 0.29) is 18.0 Å². The fourth-order valence-corrected chi connectivity index (χ4v) is 2.82. The van der Waals surface area contributed by atoms with E-state index < -0.39 is 11.6 Å². The molecule has 5 heteroatoms. The maximum absolute atomic E-state index is 13.6. The van der Waals surface area contributed by atoms with Crippen LogP contribution in [0.2, 0.25) is 0 Å². The molecule has 0 aliphatic carbocycles. The Labute approximate surface area is 109 Å². The molecule has 1 aromatic heterocycles. The van der Waals surface area contributed by atoms with Gasteiger partial charge in [0.05, 0.1) is 11.2 Å². The van der Waals surface area contributed by atoms with E-state index in [2.05, 4.69) is 10.3 Å². The molecule has 0 saturated heterocycles. The van der Waals surface area contributed by atoms with Crippen LogP contribution in [0.4, 0.5) is 8.78 Å². The zero-order chi connectivity index (χ0) is 13.1. The van der Waals surface area contributed by atoms with Gasteiger partial charge in [-0.3, -0.25) is 0 Å². The van der Waals surface area contributed by atoms with Crippen LogP contribution in [0.15, 0.2) is 23.7 Å². The number of rotatable bonds is 4. The zero-order valence-corrected chi connectivity index (χ0v) is 11.0. The Bertz CT molecular complexity index is 519. The summed E-state index contributed by atoms with van der Waals surface area (Å²) < 4.78 is 27.2. The van der Waals surface area contributed by atoms with E-state index >= 15 is 0 Å². The molecule has 2 nitrogen and oxygen atoms in total. The molecule has 0 radical (unpaired) electrons. The Morgan fingerprint density at radius 3 is 2.50 bits per heavy atom. The molecular weight excluding hydrogens is 254 g/mol. The Balaban J connectivity index is 2.29. The molecule has 0 bridgehead atoms. The highest BCUT2D eigenvalue weighted by Crippen LogP contribution is 2.26. The maximum Gasteiger partial charge on any atom is 0.129 e. The third-order valence-electron chi connectivity index (χ3n) is 2.92. The molecular formula is C13H14F2N2S. The van der Waals surface area contributed by atoms with Crippen LogP contribution in [0.1, 0.15) is 22.2 Å². The average molecular weight is 268 g/mol. The summed E-state index contributed by atoms with van der Waals surface area (Å²) in [6, 6.07) is 3.82. The number of nitrogens with one attached hydrogen (secondary N) is 1. The molecule has 1 N–H and O–H groups in total. The van der Waals surface area contributed by atoms with Crippen LogP contribution in [0.3, 0.4) is 0 Å². The molecule has 0 spiro atoms. The van der Waals surface area contributed by atoms with Crippen molar-refractivity contribution >= 4 is 11.3 Å². The Morgan fingerprint density at radius 1 is 1.33 bits per heavy atom. The minimum Gasteiger partial charge on any atom is -0.312 e. The molecule has 1 heterocycles. The number of thiazole rings is 1. The quantitative estimate of drug-likeness (QED) is 0.921. The smallest absolute Gasteiger partial charge is 0.129 e. The highest BCUT2D eigenvalue weighted by atomic mass is 32.1. The molecule has 1 atom stereocenters. The molecule has 96 valence electrons. The lowest BCUT2D eigenvalue weighted by molar-refractivity contribution is 0.517. The van der Waals surface area contributed by atoms with Gasteiger partial charge in [-0.05, 0) is 32.5 Å². The van der Waals surface area contributed by atoms with E-state index in [9.17, 15) is 8.78 Å². The maximum atomic E-state index is 13.6. The van der Waals surface area contributed by atoms with Crippen molar-refractivity contribution < 1.29 is 8.78 Å². The van der Waals surface area contributed by atoms with Crippen molar-refractivity contribution in [3.8, 4) is 0 Å². The topological polar surface area (TPSA) is 24.9 Å². The van der Waals surface area contributed by atoms with Crippen molar-refractivity contribution in [3.05, 3.63) is 51.5 Å². The Hall–Kier alpha value is -1.33. The van der Waals surface area contributed by atoms with Gasteiger partial charge in [0.1, 0.15) is 11.6 Å². The number of nitrogens with zero attached hydrogens (tertiary/aromatic N) is 1. The molecule has 0 aliphatic heterocycles. The van der Waals surface area contributed by atoms with Gasteiger partial charge >= 0.3 is 0 Å². The molecule has 0 aliphatic rings. The van der Waals surface area contributed by atoms with Crippen molar-refractivity contribution in [2.45, 2.75) is 19.4 Å². The van der Waals surface area contributed by atoms with Gasteiger partial charge in [-0.25, -0.2) is 13.8 Å². The van der Waals surface area contributed by atoms with Crippen molar-refractivity contribution in [1.29, 1.82) is 0 Å². The minimum atomic E-state index is -0.502. The minimum absolute atomic E-state index is 0.115. The summed E-state index contributed by atoms with van der Waals surface area (Å²) in [5.41, 5.74) is 2.76. The van der Waals surface area contributed by atoms with Gasteiger partial charge in [0.25, 0.3) is 0 Å². The van der Waals surface area contributed by atoms with Gasteiger partial charge in [-0.2, -0.15) is 0 Å². The molecule has 0 saturated carbocycles. The second-order valence-electron chi connectivity index (χ2n) is 4.05. The Kier molecular flexibility index (Phi) is 4.04. The fraction of sp³-hybridized carbons (Fsp3) is 0.308. The number of benzene rings is 1. The first-order chi connectivity index (χ1) is 8.63. The van der Waals surface area contributed by atoms with E-state index in [0.717, 1.165) is 10.6 Å². The van der Waals surface area contributed by atoms with Crippen LogP contribution in [0.5, 0.6) is 0 Å². The predicted octanol–water partition coefficient (Wildman–Crippen LogP) is 3.23. The number of likely N-dealkylation sites (N-methyl/N-ethyl adjacent to an activating group) is 1. The van der Waals surface area contributed by atoms with Crippen molar-refractivity contribution in [1.82, 2.24) is 10.3 Å². The molecule has 18 heavy (non-hydrogen) atoms. The lowest BCUT2D eigenvalue weighted by Crippen LogP contribution is -2.19. The second-order valence-corrected chi connectivity index (χ2v) is 4.93. The van der Waals surface area contributed by atoms with E-state index in [0.29, 0.717) is 0 Å². The first-order valence-electron chi connectivity index (χ1n) is 5.63. The number of aromatic nitrogens is 1. The normalized spacial score (nSPS) is 12.7. The van der Waals surface area contributed by atoms with Gasteiger partial charge in [-0.1, -0.05) is 6.07 Å². The van der Waals surface area contributed by atoms with Crippen molar-refractivity contribution in [3.63, 3.8) is 0 Å². The van der Waals surface area contributed by atoms with Crippen LogP contribution >= 0.6 is 11.3 Å². The third-order valence-corrected chi connectivity index (χ3v) is 3.96. The van der Waals surface area contributed by atoms with Crippen LogP contribution < -0.4 is 5.32 Å². The summed E-state index contributed by atoms with van der Waals surface area (Å²) >= 11 is 1.49. The van der Waals surface area contributed by atoms with Gasteiger partial charge in [0.2, 0.25) is 0 Å². The standard InChI is InChI=1S/C13H14F2N2S/c1-8-13(18-7-17-8)12(16-2)6-9-10(14)4-3-5-11(9)15/h3-5,7,12,16H,6H2,1-2H3.